The molecule has 0 aliphatic carbocycles. The second-order valence-corrected chi connectivity index (χ2v) is 4.18. The van der Waals surface area contributed by atoms with E-state index < -0.39 is 0 Å². The highest BCUT2D eigenvalue weighted by Crippen LogP contribution is 2.32. The molecular formula is C12H19NO2. The van der Waals surface area contributed by atoms with Gasteiger partial charge in [0.05, 0.1) is 6.61 Å². The Morgan fingerprint density at radius 2 is 1.87 bits per heavy atom. The lowest BCUT2D eigenvalue weighted by Gasteiger charge is -2.27. The van der Waals surface area contributed by atoms with E-state index in [1.165, 1.54) is 0 Å². The molecule has 3 nitrogen and oxygen atoms in total. The molecule has 4 N–H and O–H groups in total. The van der Waals surface area contributed by atoms with E-state index in [9.17, 15) is 5.11 Å². The van der Waals surface area contributed by atoms with Crippen LogP contribution in [0, 0.1) is 5.92 Å². The SMILES string of the molecule is CC(C)C(c1ccccc1O)C(N)CO. The van der Waals surface area contributed by atoms with Crippen LogP contribution in [0.2, 0.25) is 0 Å². The standard InChI is InChI=1S/C12H19NO2/c1-8(2)12(10(13)7-14)9-5-3-4-6-11(9)15/h3-6,8,10,12,14-15H,7,13H2,1-2H3. The number of phenolic OH excluding ortho intramolecular Hbond substituents is 1. The van der Waals surface area contributed by atoms with E-state index in [1.54, 1.807) is 12.1 Å². The molecule has 0 radical (unpaired) electrons. The van der Waals surface area contributed by atoms with Crippen molar-refractivity contribution >= 4 is 0 Å². The van der Waals surface area contributed by atoms with Crippen molar-refractivity contribution in [1.29, 1.82) is 0 Å². The Morgan fingerprint density at radius 1 is 1.27 bits per heavy atom. The zero-order valence-electron chi connectivity index (χ0n) is 9.22. The molecular weight excluding hydrogens is 190 g/mol. The van der Waals surface area contributed by atoms with Crippen molar-refractivity contribution < 1.29 is 10.2 Å². The third-order valence-electron chi connectivity index (χ3n) is 2.69. The van der Waals surface area contributed by atoms with Crippen LogP contribution in [-0.2, 0) is 0 Å². The van der Waals surface area contributed by atoms with Crippen LogP contribution in [-0.4, -0.2) is 22.9 Å². The summed E-state index contributed by atoms with van der Waals surface area (Å²) in [7, 11) is 0. The summed E-state index contributed by atoms with van der Waals surface area (Å²) in [5, 5.41) is 18.8. The molecule has 0 aromatic heterocycles. The number of benzene rings is 1. The maximum Gasteiger partial charge on any atom is 0.119 e. The van der Waals surface area contributed by atoms with Gasteiger partial charge in [0, 0.05) is 12.0 Å². The molecule has 0 saturated carbocycles. The molecule has 0 bridgehead atoms. The number of aliphatic hydroxyl groups is 1. The summed E-state index contributed by atoms with van der Waals surface area (Å²) in [4.78, 5) is 0. The van der Waals surface area contributed by atoms with Gasteiger partial charge >= 0.3 is 0 Å². The summed E-state index contributed by atoms with van der Waals surface area (Å²) in [6.45, 7) is 4.00. The summed E-state index contributed by atoms with van der Waals surface area (Å²) < 4.78 is 0. The molecule has 1 aromatic carbocycles. The van der Waals surface area contributed by atoms with Crippen molar-refractivity contribution in [2.75, 3.05) is 6.61 Å². The van der Waals surface area contributed by atoms with E-state index in [-0.39, 0.29) is 30.2 Å². The van der Waals surface area contributed by atoms with Crippen LogP contribution in [0.1, 0.15) is 25.3 Å². The van der Waals surface area contributed by atoms with E-state index in [2.05, 4.69) is 0 Å². The molecule has 0 fully saturated rings. The molecule has 15 heavy (non-hydrogen) atoms. The van der Waals surface area contributed by atoms with Gasteiger partial charge in [0.25, 0.3) is 0 Å². The van der Waals surface area contributed by atoms with Crippen LogP contribution >= 0.6 is 0 Å². The van der Waals surface area contributed by atoms with E-state index in [1.807, 2.05) is 26.0 Å². The molecule has 0 saturated heterocycles. The molecule has 2 unspecified atom stereocenters. The lowest BCUT2D eigenvalue weighted by atomic mass is 9.82. The van der Waals surface area contributed by atoms with Gasteiger partial charge in [-0.25, -0.2) is 0 Å². The Bertz CT molecular complexity index is 312. The first-order valence-corrected chi connectivity index (χ1v) is 5.22. The molecule has 0 aliphatic heterocycles. The summed E-state index contributed by atoms with van der Waals surface area (Å²) in [5.74, 6) is 0.511. The predicted octanol–water partition coefficient (Wildman–Crippen LogP) is 1.45. The predicted molar refractivity (Wildman–Crippen MR) is 60.7 cm³/mol. The van der Waals surface area contributed by atoms with Crippen molar-refractivity contribution in [3.8, 4) is 5.75 Å². The Balaban J connectivity index is 3.04. The van der Waals surface area contributed by atoms with Gasteiger partial charge in [-0.15, -0.1) is 0 Å². The lowest BCUT2D eigenvalue weighted by Crippen LogP contribution is -2.34. The van der Waals surface area contributed by atoms with Gasteiger partial charge in [-0.2, -0.15) is 0 Å². The minimum Gasteiger partial charge on any atom is -0.508 e. The fourth-order valence-electron chi connectivity index (χ4n) is 1.97. The van der Waals surface area contributed by atoms with Gasteiger partial charge in [0.2, 0.25) is 0 Å². The molecule has 84 valence electrons. The molecule has 0 heterocycles. The largest absolute Gasteiger partial charge is 0.508 e. The normalized spacial score (nSPS) is 15.3. The third kappa shape index (κ3) is 2.70. The summed E-state index contributed by atoms with van der Waals surface area (Å²) in [5.41, 5.74) is 6.67. The first-order chi connectivity index (χ1) is 7.07. The second-order valence-electron chi connectivity index (χ2n) is 4.18. The second kappa shape index (κ2) is 5.14. The van der Waals surface area contributed by atoms with Crippen LogP contribution in [0.4, 0.5) is 0 Å². The summed E-state index contributed by atoms with van der Waals surface area (Å²) in [6.07, 6.45) is 0. The van der Waals surface area contributed by atoms with Crippen LogP contribution in [0.15, 0.2) is 24.3 Å². The molecule has 3 heteroatoms. The number of aliphatic hydroxyl groups excluding tert-OH is 1. The van der Waals surface area contributed by atoms with Crippen LogP contribution < -0.4 is 5.73 Å². The zero-order chi connectivity index (χ0) is 11.4. The number of hydrogen-bond donors (Lipinski definition) is 3. The Kier molecular flexibility index (Phi) is 4.12. The van der Waals surface area contributed by atoms with Crippen LogP contribution in [0.25, 0.3) is 0 Å². The first kappa shape index (κ1) is 12.0. The van der Waals surface area contributed by atoms with Crippen molar-refractivity contribution in [3.05, 3.63) is 29.8 Å². The molecule has 1 rings (SSSR count). The van der Waals surface area contributed by atoms with Gasteiger partial charge in [0.1, 0.15) is 5.75 Å². The van der Waals surface area contributed by atoms with Gasteiger partial charge in [-0.05, 0) is 17.5 Å². The fraction of sp³-hybridized carbons (Fsp3) is 0.500. The summed E-state index contributed by atoms with van der Waals surface area (Å²) >= 11 is 0. The Labute approximate surface area is 90.5 Å². The highest BCUT2D eigenvalue weighted by molar-refractivity contribution is 5.36. The maximum atomic E-state index is 9.74. The quantitative estimate of drug-likeness (QED) is 0.703. The van der Waals surface area contributed by atoms with Crippen molar-refractivity contribution in [1.82, 2.24) is 0 Å². The molecule has 2 atom stereocenters. The highest BCUT2D eigenvalue weighted by Gasteiger charge is 2.24. The number of nitrogens with two attached hydrogens (primary N) is 1. The van der Waals surface area contributed by atoms with Crippen LogP contribution in [0.5, 0.6) is 5.75 Å². The first-order valence-electron chi connectivity index (χ1n) is 5.22. The van der Waals surface area contributed by atoms with Gasteiger partial charge in [-0.3, -0.25) is 0 Å². The minimum atomic E-state index is -0.335. The minimum absolute atomic E-state index is 0.0174. The average molecular weight is 209 g/mol. The number of para-hydroxylation sites is 1. The van der Waals surface area contributed by atoms with Crippen molar-refractivity contribution in [3.63, 3.8) is 0 Å². The number of hydrogen-bond acceptors (Lipinski definition) is 3. The van der Waals surface area contributed by atoms with E-state index in [4.69, 9.17) is 10.8 Å². The number of rotatable bonds is 4. The molecule has 0 aliphatic rings. The van der Waals surface area contributed by atoms with Gasteiger partial charge in [0.15, 0.2) is 0 Å². The van der Waals surface area contributed by atoms with E-state index in [0.717, 1.165) is 5.56 Å². The topological polar surface area (TPSA) is 66.5 Å². The monoisotopic (exact) mass is 209 g/mol. The smallest absolute Gasteiger partial charge is 0.119 e. The van der Waals surface area contributed by atoms with Crippen molar-refractivity contribution in [2.24, 2.45) is 11.7 Å². The fourth-order valence-corrected chi connectivity index (χ4v) is 1.97. The summed E-state index contributed by atoms with van der Waals surface area (Å²) in [6, 6.07) is 6.82. The third-order valence-corrected chi connectivity index (χ3v) is 2.69. The molecule has 0 spiro atoms. The maximum absolute atomic E-state index is 9.74. The van der Waals surface area contributed by atoms with Crippen molar-refractivity contribution in [2.45, 2.75) is 25.8 Å². The van der Waals surface area contributed by atoms with E-state index >= 15 is 0 Å². The average Bonchev–Trinajstić information content (AvgIpc) is 2.20. The van der Waals surface area contributed by atoms with E-state index in [0.29, 0.717) is 0 Å². The Morgan fingerprint density at radius 3 is 2.33 bits per heavy atom. The number of aromatic hydroxyl groups is 1. The van der Waals surface area contributed by atoms with Gasteiger partial charge in [-0.1, -0.05) is 32.0 Å². The van der Waals surface area contributed by atoms with Gasteiger partial charge < -0.3 is 15.9 Å². The zero-order valence-corrected chi connectivity index (χ0v) is 9.22. The molecule has 1 aromatic rings. The lowest BCUT2D eigenvalue weighted by molar-refractivity contribution is 0.230. The van der Waals surface area contributed by atoms with Crippen LogP contribution in [0.3, 0.4) is 0 Å². The highest BCUT2D eigenvalue weighted by atomic mass is 16.3. The molecule has 0 amide bonds. The number of phenols is 1. The Hall–Kier alpha value is -1.06.